The van der Waals surface area contributed by atoms with Crippen LogP contribution in [-0.2, 0) is 11.2 Å². The van der Waals surface area contributed by atoms with E-state index in [0.717, 1.165) is 17.2 Å². The van der Waals surface area contributed by atoms with Crippen molar-refractivity contribution in [2.45, 2.75) is 37.3 Å². The number of nitrogens with zero attached hydrogens (tertiary/aromatic N) is 1. The van der Waals surface area contributed by atoms with Crippen molar-refractivity contribution in [1.29, 1.82) is 0 Å². The highest BCUT2D eigenvalue weighted by atomic mass is 19.4. The Kier molecular flexibility index (Phi) is 5.32. The van der Waals surface area contributed by atoms with E-state index in [1.165, 1.54) is 18.2 Å². The number of ether oxygens (including phenoxy) is 3. The normalized spacial score (nSPS) is 20.9. The number of para-hydroxylation sites is 2. The first-order valence-electron chi connectivity index (χ1n) is 11.4. The van der Waals surface area contributed by atoms with Gasteiger partial charge in [-0.1, -0.05) is 12.1 Å². The molecule has 0 radical (unpaired) electrons. The third kappa shape index (κ3) is 4.57. The third-order valence-electron chi connectivity index (χ3n) is 6.32. The zero-order valence-electron chi connectivity index (χ0n) is 19.0. The molecule has 3 amide bonds. The molecule has 9 nitrogen and oxygen atoms in total. The number of benzene rings is 2. The van der Waals surface area contributed by atoms with Gasteiger partial charge in [-0.3, -0.25) is 4.79 Å². The summed E-state index contributed by atoms with van der Waals surface area (Å²) in [5, 5.41) is 7.89. The molecule has 1 saturated carbocycles. The predicted octanol–water partition coefficient (Wildman–Crippen LogP) is 4.71. The lowest BCUT2D eigenvalue weighted by Crippen LogP contribution is -2.34. The lowest BCUT2D eigenvalue weighted by molar-refractivity contribution is -0.274. The first-order valence-corrected chi connectivity index (χ1v) is 11.4. The zero-order chi connectivity index (χ0) is 25.7. The Morgan fingerprint density at radius 2 is 1.95 bits per heavy atom. The second kappa shape index (κ2) is 8.57. The Labute approximate surface area is 207 Å². The molecule has 37 heavy (non-hydrogen) atoms. The van der Waals surface area contributed by atoms with Crippen LogP contribution in [0.5, 0.6) is 23.0 Å². The van der Waals surface area contributed by atoms with Gasteiger partial charge in [0.05, 0.1) is 17.6 Å². The molecule has 3 heterocycles. The molecule has 2 aliphatic heterocycles. The van der Waals surface area contributed by atoms with E-state index in [1.54, 1.807) is 24.4 Å². The van der Waals surface area contributed by atoms with E-state index in [4.69, 9.17) is 9.47 Å². The fourth-order valence-electron chi connectivity index (χ4n) is 4.65. The van der Waals surface area contributed by atoms with E-state index in [2.05, 4.69) is 25.7 Å². The van der Waals surface area contributed by atoms with Crippen LogP contribution in [0.4, 0.5) is 29.5 Å². The summed E-state index contributed by atoms with van der Waals surface area (Å²) in [6.45, 7) is 0. The van der Waals surface area contributed by atoms with E-state index in [0.29, 0.717) is 35.9 Å². The maximum absolute atomic E-state index is 12.6. The summed E-state index contributed by atoms with van der Waals surface area (Å²) < 4.78 is 53.9. The molecule has 2 aromatic carbocycles. The molecule has 12 heteroatoms. The van der Waals surface area contributed by atoms with Crippen LogP contribution >= 0.6 is 0 Å². The predicted molar refractivity (Wildman–Crippen MR) is 124 cm³/mol. The van der Waals surface area contributed by atoms with Crippen molar-refractivity contribution in [3.05, 3.63) is 65.9 Å². The number of fused-ring (bicyclic) bond motifs is 4. The molecule has 1 fully saturated rings. The first-order chi connectivity index (χ1) is 17.7. The molecule has 0 bridgehead atoms. The minimum atomic E-state index is -4.89. The smallest absolute Gasteiger partial charge is 0.487 e. The molecule has 0 spiro atoms. The van der Waals surface area contributed by atoms with Crippen LogP contribution in [0.3, 0.4) is 0 Å². The van der Waals surface area contributed by atoms with Gasteiger partial charge in [-0.15, -0.1) is 13.2 Å². The van der Waals surface area contributed by atoms with Crippen LogP contribution in [0.15, 0.2) is 54.7 Å². The topological polar surface area (TPSA) is 111 Å². The maximum atomic E-state index is 12.6. The van der Waals surface area contributed by atoms with E-state index >= 15 is 0 Å². The Balaban J connectivity index is 1.13. The summed E-state index contributed by atoms with van der Waals surface area (Å²) in [5.74, 6) is 1.57. The van der Waals surface area contributed by atoms with Crippen molar-refractivity contribution in [3.8, 4) is 23.0 Å². The van der Waals surface area contributed by atoms with Gasteiger partial charge < -0.3 is 30.2 Å². The number of amides is 3. The quantitative estimate of drug-likeness (QED) is 0.457. The average Bonchev–Trinajstić information content (AvgIpc) is 3.35. The van der Waals surface area contributed by atoms with E-state index in [-0.39, 0.29) is 29.7 Å². The molecular formula is C25H19F3N4O5. The lowest BCUT2D eigenvalue weighted by atomic mass is 10.1. The number of carbonyl (C=O) groups excluding carboxylic acids is 2. The Bertz CT molecular complexity index is 1410. The molecule has 3 N–H and O–H groups in total. The number of urea groups is 1. The van der Waals surface area contributed by atoms with Gasteiger partial charge in [-0.05, 0) is 42.8 Å². The number of carbonyl (C=O) groups is 2. The largest absolute Gasteiger partial charge is 0.573 e. The Morgan fingerprint density at radius 1 is 1.11 bits per heavy atom. The Morgan fingerprint density at radius 3 is 2.78 bits per heavy atom. The highest BCUT2D eigenvalue weighted by Crippen LogP contribution is 2.54. The zero-order valence-corrected chi connectivity index (χ0v) is 19.0. The number of rotatable bonds is 5. The number of hydrogen-bond acceptors (Lipinski definition) is 6. The van der Waals surface area contributed by atoms with Gasteiger partial charge in [0.25, 0.3) is 0 Å². The average molecular weight is 512 g/mol. The summed E-state index contributed by atoms with van der Waals surface area (Å²) in [6, 6.07) is 11.4. The molecular weight excluding hydrogens is 493 g/mol. The number of pyridine rings is 1. The number of nitrogens with one attached hydrogen (secondary N) is 3. The molecule has 0 unspecified atom stereocenters. The standard InChI is InChI=1S/C25H19F3N4O5/c26-25(27,28)37-18-4-2-1-3-15(18)30-24(34)32-21-20-14-11-12(5-7-16(14)36-22(20)21)35-17-9-10-29-23-13(17)6-8-19(33)31-23/h1-5,7,9-11,20-22H,6,8H2,(H,29,31,33)(H2,30,32,34)/t20-,21-,22-/m0/s1. The minimum Gasteiger partial charge on any atom is -0.487 e. The molecule has 3 aliphatic rings. The molecule has 3 atom stereocenters. The summed E-state index contributed by atoms with van der Waals surface area (Å²) in [6.07, 6.45) is -2.76. The van der Waals surface area contributed by atoms with Gasteiger partial charge >= 0.3 is 12.4 Å². The second-order valence-electron chi connectivity index (χ2n) is 8.76. The molecule has 3 aromatic rings. The number of anilines is 2. The highest BCUT2D eigenvalue weighted by Gasteiger charge is 2.59. The van der Waals surface area contributed by atoms with Crippen LogP contribution in [0.2, 0.25) is 0 Å². The third-order valence-corrected chi connectivity index (χ3v) is 6.32. The summed E-state index contributed by atoms with van der Waals surface area (Å²) in [4.78, 5) is 28.4. The molecule has 1 aliphatic carbocycles. The van der Waals surface area contributed by atoms with E-state index < -0.39 is 18.1 Å². The second-order valence-corrected chi connectivity index (χ2v) is 8.76. The van der Waals surface area contributed by atoms with Crippen LogP contribution in [0.1, 0.15) is 23.5 Å². The van der Waals surface area contributed by atoms with Gasteiger partial charge in [-0.2, -0.15) is 0 Å². The molecule has 6 rings (SSSR count). The van der Waals surface area contributed by atoms with Gasteiger partial charge in [-0.25, -0.2) is 9.78 Å². The minimum absolute atomic E-state index is 0.0921. The summed E-state index contributed by atoms with van der Waals surface area (Å²) in [7, 11) is 0. The summed E-state index contributed by atoms with van der Waals surface area (Å²) >= 11 is 0. The number of halogens is 3. The number of hydrogen-bond donors (Lipinski definition) is 3. The van der Waals surface area contributed by atoms with Gasteiger partial charge in [0, 0.05) is 23.7 Å². The van der Waals surface area contributed by atoms with Crippen molar-refractivity contribution < 1.29 is 37.0 Å². The first kappa shape index (κ1) is 23.0. The van der Waals surface area contributed by atoms with Crippen molar-refractivity contribution in [2.24, 2.45) is 0 Å². The molecule has 1 aromatic heterocycles. The number of alkyl halides is 3. The van der Waals surface area contributed by atoms with Crippen LogP contribution < -0.4 is 30.2 Å². The van der Waals surface area contributed by atoms with Crippen molar-refractivity contribution in [2.75, 3.05) is 10.6 Å². The fourth-order valence-corrected chi connectivity index (χ4v) is 4.65. The molecule has 0 saturated heterocycles. The lowest BCUT2D eigenvalue weighted by Gasteiger charge is -2.19. The van der Waals surface area contributed by atoms with Crippen molar-refractivity contribution >= 4 is 23.4 Å². The van der Waals surface area contributed by atoms with Crippen LogP contribution in [0, 0.1) is 0 Å². The Hall–Kier alpha value is -4.48. The van der Waals surface area contributed by atoms with E-state index in [1.807, 2.05) is 6.07 Å². The monoisotopic (exact) mass is 512 g/mol. The van der Waals surface area contributed by atoms with Gasteiger partial charge in [0.15, 0.2) is 5.75 Å². The molecule has 190 valence electrons. The van der Waals surface area contributed by atoms with Gasteiger partial charge in [0.1, 0.15) is 29.2 Å². The van der Waals surface area contributed by atoms with Crippen LogP contribution in [0.25, 0.3) is 0 Å². The van der Waals surface area contributed by atoms with Crippen LogP contribution in [-0.4, -0.2) is 35.4 Å². The highest BCUT2D eigenvalue weighted by molar-refractivity contribution is 5.93. The van der Waals surface area contributed by atoms with Crippen molar-refractivity contribution in [3.63, 3.8) is 0 Å². The SMILES string of the molecule is O=C1CCc2c(Oc3ccc4c(c3)[C@H]3[C@H](NC(=O)Nc5ccccc5OC(F)(F)F)[C@H]3O4)ccnc2N1. The fraction of sp³-hybridized carbons (Fsp3) is 0.240. The van der Waals surface area contributed by atoms with Gasteiger partial charge in [0.2, 0.25) is 5.91 Å². The van der Waals surface area contributed by atoms with Crippen molar-refractivity contribution in [1.82, 2.24) is 10.3 Å². The number of aromatic nitrogens is 1. The summed E-state index contributed by atoms with van der Waals surface area (Å²) in [5.41, 5.74) is 1.55. The maximum Gasteiger partial charge on any atom is 0.573 e. The van der Waals surface area contributed by atoms with E-state index in [9.17, 15) is 22.8 Å².